The topological polar surface area (TPSA) is 212 Å². The molecule has 4 N–H and O–H groups in total. The maximum atomic E-state index is 12.6. The molecule has 0 amide bonds. The van der Waals surface area contributed by atoms with E-state index in [1.54, 1.807) is 12.2 Å². The van der Waals surface area contributed by atoms with Gasteiger partial charge in [0.15, 0.2) is 11.9 Å². The largest absolute Gasteiger partial charge is 0.472 e. The molecule has 0 aliphatic heterocycles. The minimum Gasteiger partial charge on any atom is -0.462 e. The summed E-state index contributed by atoms with van der Waals surface area (Å²) in [6, 6.07) is 0. The minimum absolute atomic E-state index is 0.0121. The van der Waals surface area contributed by atoms with Gasteiger partial charge < -0.3 is 29.3 Å². The number of allylic oxidation sites excluding steroid dienone is 16. The summed E-state index contributed by atoms with van der Waals surface area (Å²) in [6.45, 7) is 1.41. The Labute approximate surface area is 370 Å². The van der Waals surface area contributed by atoms with Crippen LogP contribution in [0, 0.1) is 0 Å². The zero-order chi connectivity index (χ0) is 46.0. The van der Waals surface area contributed by atoms with Crippen molar-refractivity contribution < 1.29 is 66.3 Å². The maximum absolute atomic E-state index is 12.6. The molecule has 62 heavy (non-hydrogen) atoms. The molecule has 14 nitrogen and oxygen atoms in total. The van der Waals surface area contributed by atoms with Gasteiger partial charge in [0.05, 0.1) is 19.8 Å². The van der Waals surface area contributed by atoms with E-state index in [0.717, 1.165) is 51.4 Å². The van der Waals surface area contributed by atoms with E-state index in [0.29, 0.717) is 38.5 Å². The number of phosphoric acid groups is 2. The van der Waals surface area contributed by atoms with E-state index in [9.17, 15) is 33.5 Å². The third-order valence-electron chi connectivity index (χ3n) is 8.41. The Morgan fingerprint density at radius 2 is 0.984 bits per heavy atom. The Morgan fingerprint density at radius 1 is 0.516 bits per heavy atom. The fraction of sp³-hybridized carbons (Fsp3) is 0.587. The SMILES string of the molecule is CCCCC/C=C\C/C=C\C/C=C\C/C=C\CCCC(=O)OC[C@H](COP(=O)(O)OC[C@@H](O)COP(=O)(O)O)OC(=O)CCC/C=C\C/C=C\C/C=C\C=C\C(=O)CCCCC. The van der Waals surface area contributed by atoms with E-state index in [2.05, 4.69) is 59.4 Å². The second-order valence-corrected chi connectivity index (χ2v) is 17.0. The van der Waals surface area contributed by atoms with Crippen molar-refractivity contribution in [3.63, 3.8) is 0 Å². The van der Waals surface area contributed by atoms with Gasteiger partial charge in [0.2, 0.25) is 0 Å². The fourth-order valence-electron chi connectivity index (χ4n) is 5.05. The Kier molecular flexibility index (Phi) is 38.3. The van der Waals surface area contributed by atoms with Gasteiger partial charge in [0.1, 0.15) is 12.7 Å². The van der Waals surface area contributed by atoms with Crippen LogP contribution in [0.1, 0.15) is 136 Å². The van der Waals surface area contributed by atoms with Crippen molar-refractivity contribution >= 4 is 33.4 Å². The third kappa shape index (κ3) is 43.4. The first kappa shape index (κ1) is 58.7. The van der Waals surface area contributed by atoms with Crippen LogP contribution in [0.25, 0.3) is 0 Å². The van der Waals surface area contributed by atoms with Gasteiger partial charge in [0.25, 0.3) is 0 Å². The molecule has 0 saturated heterocycles. The molecular weight excluding hydrogens is 838 g/mol. The molecule has 0 heterocycles. The van der Waals surface area contributed by atoms with E-state index >= 15 is 0 Å². The highest BCUT2D eigenvalue weighted by molar-refractivity contribution is 7.47. The lowest BCUT2D eigenvalue weighted by Gasteiger charge is -2.20. The van der Waals surface area contributed by atoms with Crippen LogP contribution in [0.4, 0.5) is 0 Å². The second kappa shape index (κ2) is 40.5. The quantitative estimate of drug-likeness (QED) is 0.0112. The molecule has 0 aliphatic carbocycles. The summed E-state index contributed by atoms with van der Waals surface area (Å²) < 4.78 is 47.6. The highest BCUT2D eigenvalue weighted by atomic mass is 31.2. The summed E-state index contributed by atoms with van der Waals surface area (Å²) >= 11 is 0. The van der Waals surface area contributed by atoms with Gasteiger partial charge in [-0.3, -0.25) is 28.0 Å². The number of esters is 2. The smallest absolute Gasteiger partial charge is 0.462 e. The van der Waals surface area contributed by atoms with Gasteiger partial charge in [0, 0.05) is 19.3 Å². The molecule has 3 atom stereocenters. The summed E-state index contributed by atoms with van der Waals surface area (Å²) in [7, 11) is -9.74. The standard InChI is InChI=1S/C46H74O14P2/c1-3-5-7-8-9-10-11-12-13-14-15-16-19-22-25-28-32-36-45(49)56-40-44(41-59-62(54,55)58-39-43(48)38-57-61(51,52)53)60-46(50)37-33-29-26-23-20-17-18-21-24-27-31-35-42(47)34-30-6-4-2/h9-10,12-13,15-18,22-27,31,35,43-44,48H,3-8,11,14,19-21,28-30,32-34,36-41H2,1-2H3,(H,54,55)(H2,51,52,53)/b10-9-,13-12-,16-15-,18-17-,25-22-,26-23-,27-24-,35-31+/t43-,44+/m0/s1. The number of phosphoric ester groups is 2. The molecule has 0 aliphatic rings. The number of aliphatic hydroxyl groups excluding tert-OH is 1. The highest BCUT2D eigenvalue weighted by Crippen LogP contribution is 2.43. The lowest BCUT2D eigenvalue weighted by Crippen LogP contribution is -2.29. The van der Waals surface area contributed by atoms with E-state index in [1.165, 1.54) is 19.3 Å². The fourth-order valence-corrected chi connectivity index (χ4v) is 6.21. The van der Waals surface area contributed by atoms with Crippen molar-refractivity contribution in [1.82, 2.24) is 0 Å². The Morgan fingerprint density at radius 3 is 1.53 bits per heavy atom. The maximum Gasteiger partial charge on any atom is 0.472 e. The molecule has 0 aromatic carbocycles. The van der Waals surface area contributed by atoms with Crippen molar-refractivity contribution in [1.29, 1.82) is 0 Å². The van der Waals surface area contributed by atoms with Crippen LogP contribution in [0.5, 0.6) is 0 Å². The number of carbonyl (C=O) groups excluding carboxylic acids is 3. The zero-order valence-corrected chi connectivity index (χ0v) is 38.7. The molecule has 1 unspecified atom stereocenters. The lowest BCUT2D eigenvalue weighted by atomic mass is 10.1. The molecule has 0 aromatic rings. The summed E-state index contributed by atoms with van der Waals surface area (Å²) in [5.74, 6) is -1.07. The molecule has 0 rings (SSSR count). The normalized spacial score (nSPS) is 14.8. The number of hydrogen-bond donors (Lipinski definition) is 4. The van der Waals surface area contributed by atoms with Gasteiger partial charge in [-0.25, -0.2) is 9.13 Å². The van der Waals surface area contributed by atoms with Gasteiger partial charge >= 0.3 is 27.6 Å². The number of hydrogen-bond acceptors (Lipinski definition) is 11. The summed E-state index contributed by atoms with van der Waals surface area (Å²) in [6.07, 6.45) is 44.0. The average Bonchev–Trinajstić information content (AvgIpc) is 3.23. The van der Waals surface area contributed by atoms with Gasteiger partial charge in [-0.1, -0.05) is 131 Å². The molecule has 0 radical (unpaired) electrons. The monoisotopic (exact) mass is 912 g/mol. The minimum atomic E-state index is -4.89. The van der Waals surface area contributed by atoms with Crippen LogP contribution in [-0.4, -0.2) is 76.1 Å². The van der Waals surface area contributed by atoms with Crippen LogP contribution in [-0.2, 0) is 46.6 Å². The van der Waals surface area contributed by atoms with Gasteiger partial charge in [-0.2, -0.15) is 0 Å². The Bertz CT molecular complexity index is 1520. The van der Waals surface area contributed by atoms with Gasteiger partial charge in [-0.15, -0.1) is 0 Å². The highest BCUT2D eigenvalue weighted by Gasteiger charge is 2.28. The van der Waals surface area contributed by atoms with E-state index < -0.39 is 66.2 Å². The average molecular weight is 913 g/mol. The van der Waals surface area contributed by atoms with Crippen LogP contribution in [0.2, 0.25) is 0 Å². The predicted octanol–water partition coefficient (Wildman–Crippen LogP) is 10.5. The third-order valence-corrected chi connectivity index (χ3v) is 9.85. The first-order valence-electron chi connectivity index (χ1n) is 21.9. The molecule has 0 saturated carbocycles. The summed E-state index contributed by atoms with van der Waals surface area (Å²) in [5.41, 5.74) is 0. The van der Waals surface area contributed by atoms with Crippen LogP contribution < -0.4 is 0 Å². The number of unbranched alkanes of at least 4 members (excludes halogenated alkanes) is 7. The van der Waals surface area contributed by atoms with Crippen LogP contribution in [0.3, 0.4) is 0 Å². The lowest BCUT2D eigenvalue weighted by molar-refractivity contribution is -0.161. The molecule has 0 bridgehead atoms. The van der Waals surface area contributed by atoms with Crippen molar-refractivity contribution in [2.45, 2.75) is 148 Å². The molecule has 0 aromatic heterocycles. The van der Waals surface area contributed by atoms with Crippen molar-refractivity contribution in [2.75, 3.05) is 26.4 Å². The van der Waals surface area contributed by atoms with Crippen LogP contribution in [0.15, 0.2) is 97.2 Å². The molecule has 0 spiro atoms. The van der Waals surface area contributed by atoms with Gasteiger partial charge in [-0.05, 0) is 83.1 Å². The first-order chi connectivity index (χ1) is 29.8. The van der Waals surface area contributed by atoms with Crippen LogP contribution >= 0.6 is 15.6 Å². The Hall–Kier alpha value is -3.29. The number of rotatable bonds is 40. The molecule has 0 fully saturated rings. The van der Waals surface area contributed by atoms with E-state index in [4.69, 9.17) is 23.8 Å². The number of ether oxygens (including phenoxy) is 2. The second-order valence-electron chi connectivity index (χ2n) is 14.3. The predicted molar refractivity (Wildman–Crippen MR) is 244 cm³/mol. The molecular formula is C46H74O14P2. The Balaban J connectivity index is 4.76. The van der Waals surface area contributed by atoms with E-state index in [-0.39, 0.29) is 18.6 Å². The number of ketones is 1. The summed E-state index contributed by atoms with van der Waals surface area (Å²) in [4.78, 5) is 64.4. The zero-order valence-electron chi connectivity index (χ0n) is 36.9. The van der Waals surface area contributed by atoms with Crippen molar-refractivity contribution in [3.05, 3.63) is 97.2 Å². The first-order valence-corrected chi connectivity index (χ1v) is 24.9. The van der Waals surface area contributed by atoms with Crippen molar-refractivity contribution in [2.24, 2.45) is 0 Å². The van der Waals surface area contributed by atoms with E-state index in [1.807, 2.05) is 48.6 Å². The molecule has 16 heteroatoms. The molecule has 352 valence electrons. The van der Waals surface area contributed by atoms with Crippen molar-refractivity contribution in [3.8, 4) is 0 Å². The summed E-state index contributed by atoms with van der Waals surface area (Å²) in [5, 5.41) is 9.74. The number of carbonyl (C=O) groups is 3. The number of aliphatic hydroxyl groups is 1.